The van der Waals surface area contributed by atoms with Crippen LogP contribution in [-0.2, 0) is 0 Å². The first-order chi connectivity index (χ1) is 15.7. The van der Waals surface area contributed by atoms with Gasteiger partial charge in [-0.2, -0.15) is 15.2 Å². The molecule has 0 aliphatic heterocycles. The summed E-state index contributed by atoms with van der Waals surface area (Å²) in [6, 6.07) is 7.30. The van der Waals surface area contributed by atoms with Crippen molar-refractivity contribution in [2.75, 3.05) is 16.8 Å². The molecule has 166 valence electrons. The number of nitrogens with zero attached hydrogens (tertiary/aromatic N) is 5. The second kappa shape index (κ2) is 8.12. The maximum absolute atomic E-state index is 14.5. The number of nitrogens with one attached hydrogen (secondary N) is 1. The lowest BCUT2D eigenvalue weighted by molar-refractivity contribution is 0.579. The van der Waals surface area contributed by atoms with Crippen molar-refractivity contribution in [1.82, 2.24) is 19.5 Å². The quantitative estimate of drug-likeness (QED) is 0.428. The minimum atomic E-state index is -0.944. The smallest absolute Gasteiger partial charge is 0.269 e. The van der Waals surface area contributed by atoms with Gasteiger partial charge in [-0.1, -0.05) is 6.07 Å². The normalized spacial score (nSPS) is 11.8. The van der Waals surface area contributed by atoms with Crippen molar-refractivity contribution in [3.8, 4) is 11.8 Å². The fraction of sp³-hybridized carbons (Fsp3) is 0.0952. The number of nitrogen functional groups attached to an aromatic ring is 2. The van der Waals surface area contributed by atoms with Crippen LogP contribution in [-0.4, -0.2) is 19.5 Å². The van der Waals surface area contributed by atoms with Crippen molar-refractivity contribution < 1.29 is 13.2 Å². The van der Waals surface area contributed by atoms with E-state index in [1.165, 1.54) is 12.1 Å². The first-order valence-electron chi connectivity index (χ1n) is 9.47. The molecular weight excluding hydrogens is 437 g/mol. The van der Waals surface area contributed by atoms with Crippen LogP contribution in [0, 0.1) is 28.8 Å². The average molecular weight is 452 g/mol. The summed E-state index contributed by atoms with van der Waals surface area (Å²) in [6.07, 6.45) is 0. The predicted octanol–water partition coefficient (Wildman–Crippen LogP) is 2.80. The van der Waals surface area contributed by atoms with Gasteiger partial charge in [0.05, 0.1) is 17.2 Å². The summed E-state index contributed by atoms with van der Waals surface area (Å²) in [4.78, 5) is 25.3. The standard InChI is InChI=1S/C21H15F3N8O/c1-9(28-18-13(8-25)17(26)30-21(27)31-18)19-29-15-4-2-3-14(24)16(15)20(33)32(19)12-6-10(22)5-11(23)7-12/h2-7,9H,1H3,(H5,26,27,28,30,31)/t9-/m0/s1. The molecule has 1 atom stereocenters. The fourth-order valence-corrected chi connectivity index (χ4v) is 3.40. The molecule has 5 N–H and O–H groups in total. The molecule has 0 unspecified atom stereocenters. The molecular formula is C21H15F3N8O. The summed E-state index contributed by atoms with van der Waals surface area (Å²) in [5, 5.41) is 11.9. The molecule has 9 nitrogen and oxygen atoms in total. The van der Waals surface area contributed by atoms with Crippen molar-refractivity contribution in [2.24, 2.45) is 0 Å². The Kier molecular flexibility index (Phi) is 5.31. The average Bonchev–Trinajstić information content (AvgIpc) is 2.72. The second-order valence-electron chi connectivity index (χ2n) is 7.04. The summed E-state index contributed by atoms with van der Waals surface area (Å²) in [7, 11) is 0. The third-order valence-corrected chi connectivity index (χ3v) is 4.78. The molecule has 0 aliphatic carbocycles. The van der Waals surface area contributed by atoms with Crippen molar-refractivity contribution in [1.29, 1.82) is 5.26 Å². The van der Waals surface area contributed by atoms with Crippen molar-refractivity contribution in [3.63, 3.8) is 0 Å². The molecule has 12 heteroatoms. The van der Waals surface area contributed by atoms with Crippen LogP contribution in [0.4, 0.5) is 30.8 Å². The highest BCUT2D eigenvalue weighted by Gasteiger charge is 2.22. The Hall–Kier alpha value is -4.66. The molecule has 2 aromatic heterocycles. The maximum atomic E-state index is 14.5. The number of anilines is 3. The second-order valence-corrected chi connectivity index (χ2v) is 7.04. The van der Waals surface area contributed by atoms with Gasteiger partial charge in [-0.3, -0.25) is 9.36 Å². The monoisotopic (exact) mass is 452 g/mol. The van der Waals surface area contributed by atoms with Crippen LogP contribution >= 0.6 is 0 Å². The molecule has 0 spiro atoms. The summed E-state index contributed by atoms with van der Waals surface area (Å²) in [5.41, 5.74) is 10.2. The highest BCUT2D eigenvalue weighted by atomic mass is 19.1. The number of aromatic nitrogens is 4. The molecule has 0 saturated heterocycles. The summed E-state index contributed by atoms with van der Waals surface area (Å²) >= 11 is 0. The summed E-state index contributed by atoms with van der Waals surface area (Å²) in [6.45, 7) is 1.55. The molecule has 0 radical (unpaired) electrons. The highest BCUT2D eigenvalue weighted by molar-refractivity contribution is 5.79. The molecule has 0 bridgehead atoms. The lowest BCUT2D eigenvalue weighted by Gasteiger charge is -2.21. The van der Waals surface area contributed by atoms with Crippen LogP contribution in [0.1, 0.15) is 24.4 Å². The molecule has 0 fully saturated rings. The molecule has 4 rings (SSSR count). The van der Waals surface area contributed by atoms with E-state index >= 15 is 0 Å². The van der Waals surface area contributed by atoms with E-state index in [1.807, 2.05) is 6.07 Å². The van der Waals surface area contributed by atoms with Gasteiger partial charge in [-0.25, -0.2) is 18.2 Å². The molecule has 0 amide bonds. The third-order valence-electron chi connectivity index (χ3n) is 4.78. The van der Waals surface area contributed by atoms with Crippen LogP contribution in [0.2, 0.25) is 0 Å². The van der Waals surface area contributed by atoms with E-state index in [2.05, 4.69) is 20.3 Å². The van der Waals surface area contributed by atoms with Gasteiger partial charge in [0.2, 0.25) is 5.95 Å². The van der Waals surface area contributed by atoms with Gasteiger partial charge in [-0.15, -0.1) is 0 Å². The van der Waals surface area contributed by atoms with Crippen LogP contribution in [0.5, 0.6) is 0 Å². The molecule has 2 heterocycles. The predicted molar refractivity (Wildman–Crippen MR) is 115 cm³/mol. The Morgan fingerprint density at radius 2 is 1.79 bits per heavy atom. The zero-order chi connectivity index (χ0) is 23.9. The van der Waals surface area contributed by atoms with Crippen LogP contribution in [0.25, 0.3) is 16.6 Å². The van der Waals surface area contributed by atoms with Gasteiger partial charge in [-0.05, 0) is 31.2 Å². The number of fused-ring (bicyclic) bond motifs is 1. The van der Waals surface area contributed by atoms with Crippen molar-refractivity contribution in [2.45, 2.75) is 13.0 Å². The Balaban J connectivity index is 1.97. The number of halogens is 3. The number of nitrogens with two attached hydrogens (primary N) is 2. The first-order valence-corrected chi connectivity index (χ1v) is 9.47. The highest BCUT2D eigenvalue weighted by Crippen LogP contribution is 2.26. The van der Waals surface area contributed by atoms with E-state index in [1.54, 1.807) is 6.92 Å². The topological polar surface area (TPSA) is 149 Å². The minimum Gasteiger partial charge on any atom is -0.382 e. The van der Waals surface area contributed by atoms with Gasteiger partial charge < -0.3 is 16.8 Å². The molecule has 2 aromatic carbocycles. The van der Waals surface area contributed by atoms with E-state index in [0.717, 1.165) is 22.8 Å². The fourth-order valence-electron chi connectivity index (χ4n) is 3.40. The van der Waals surface area contributed by atoms with Crippen LogP contribution < -0.4 is 22.3 Å². The number of nitriles is 1. The van der Waals surface area contributed by atoms with Gasteiger partial charge in [0, 0.05) is 6.07 Å². The maximum Gasteiger partial charge on any atom is 0.269 e. The van der Waals surface area contributed by atoms with Crippen LogP contribution in [0.15, 0.2) is 41.2 Å². The Morgan fingerprint density at radius 3 is 2.45 bits per heavy atom. The molecule has 33 heavy (non-hydrogen) atoms. The summed E-state index contributed by atoms with van der Waals surface area (Å²) < 4.78 is 43.3. The Labute approximate surface area is 184 Å². The number of rotatable bonds is 4. The third kappa shape index (κ3) is 3.87. The van der Waals surface area contributed by atoms with E-state index < -0.39 is 29.1 Å². The number of benzene rings is 2. The van der Waals surface area contributed by atoms with Gasteiger partial charge >= 0.3 is 0 Å². The molecule has 4 aromatic rings. The number of hydrogen-bond donors (Lipinski definition) is 3. The van der Waals surface area contributed by atoms with Crippen LogP contribution in [0.3, 0.4) is 0 Å². The van der Waals surface area contributed by atoms with Gasteiger partial charge in [0.25, 0.3) is 5.56 Å². The lowest BCUT2D eigenvalue weighted by atomic mass is 10.2. The zero-order valence-corrected chi connectivity index (χ0v) is 17.0. The SMILES string of the molecule is C[C@H](Nc1nc(N)nc(N)c1C#N)c1nc2cccc(F)c2c(=O)n1-c1cc(F)cc(F)c1. The van der Waals surface area contributed by atoms with Crippen molar-refractivity contribution in [3.05, 3.63) is 75.6 Å². The van der Waals surface area contributed by atoms with E-state index in [9.17, 15) is 23.2 Å². The zero-order valence-electron chi connectivity index (χ0n) is 17.0. The largest absolute Gasteiger partial charge is 0.382 e. The first kappa shape index (κ1) is 21.6. The van der Waals surface area contributed by atoms with Gasteiger partial charge in [0.15, 0.2) is 5.82 Å². The summed E-state index contributed by atoms with van der Waals surface area (Å²) in [5.74, 6) is -3.19. The molecule has 0 saturated carbocycles. The Morgan fingerprint density at radius 1 is 1.09 bits per heavy atom. The van der Waals surface area contributed by atoms with E-state index in [0.29, 0.717) is 6.07 Å². The Bertz CT molecular complexity index is 1490. The van der Waals surface area contributed by atoms with E-state index in [4.69, 9.17) is 11.5 Å². The van der Waals surface area contributed by atoms with E-state index in [-0.39, 0.29) is 45.6 Å². The minimum absolute atomic E-state index is 0.0268. The van der Waals surface area contributed by atoms with Gasteiger partial charge in [0.1, 0.15) is 46.1 Å². The van der Waals surface area contributed by atoms with Crippen molar-refractivity contribution >= 4 is 28.5 Å². The molecule has 0 aliphatic rings. The number of hydrogen-bond acceptors (Lipinski definition) is 8. The lowest BCUT2D eigenvalue weighted by Crippen LogP contribution is -2.28.